The third-order valence-corrected chi connectivity index (χ3v) is 4.04. The first kappa shape index (κ1) is 16.8. The van der Waals surface area contributed by atoms with Crippen LogP contribution in [0.2, 0.25) is 0 Å². The second-order valence-electron chi connectivity index (χ2n) is 6.37. The van der Waals surface area contributed by atoms with Gasteiger partial charge in [0.2, 0.25) is 5.91 Å². The molecule has 0 aromatic heterocycles. The van der Waals surface area contributed by atoms with E-state index in [4.69, 9.17) is 4.74 Å². The molecule has 1 saturated carbocycles. The summed E-state index contributed by atoms with van der Waals surface area (Å²) >= 11 is 0. The predicted octanol–water partition coefficient (Wildman–Crippen LogP) is 2.62. The summed E-state index contributed by atoms with van der Waals surface area (Å²) in [5.41, 5.74) is 2.51. The Morgan fingerprint density at radius 3 is 2.59 bits per heavy atom. The van der Waals surface area contributed by atoms with Crippen molar-refractivity contribution in [2.24, 2.45) is 5.92 Å². The Morgan fingerprint density at radius 1 is 1.32 bits per heavy atom. The number of ether oxygens (including phenoxy) is 1. The maximum Gasteiger partial charge on any atom is 0.248 e. The third-order valence-electron chi connectivity index (χ3n) is 4.04. The van der Waals surface area contributed by atoms with Gasteiger partial charge in [0.15, 0.2) is 0 Å². The molecule has 22 heavy (non-hydrogen) atoms. The molecule has 0 radical (unpaired) electrons. The fourth-order valence-corrected chi connectivity index (χ4v) is 2.25. The smallest absolute Gasteiger partial charge is 0.248 e. The lowest BCUT2D eigenvalue weighted by Crippen LogP contribution is -2.35. The highest BCUT2D eigenvalue weighted by molar-refractivity contribution is 5.80. The van der Waals surface area contributed by atoms with Crippen LogP contribution in [0.25, 0.3) is 0 Å². The number of benzene rings is 1. The van der Waals surface area contributed by atoms with Crippen molar-refractivity contribution in [3.8, 4) is 0 Å². The van der Waals surface area contributed by atoms with E-state index in [0.717, 1.165) is 19.4 Å². The Hall–Kier alpha value is -1.55. The topological polar surface area (TPSA) is 41.6 Å². The van der Waals surface area contributed by atoms with Crippen LogP contribution >= 0.6 is 0 Å². The summed E-state index contributed by atoms with van der Waals surface area (Å²) in [6.07, 6.45) is 4.09. The number of anilines is 1. The van der Waals surface area contributed by atoms with Crippen LogP contribution in [-0.2, 0) is 16.0 Å². The van der Waals surface area contributed by atoms with Gasteiger partial charge in [-0.05, 0) is 56.2 Å². The van der Waals surface area contributed by atoms with E-state index in [1.54, 1.807) is 0 Å². The summed E-state index contributed by atoms with van der Waals surface area (Å²) in [5.74, 6) is 0.698. The first-order valence-electron chi connectivity index (χ1n) is 8.22. The average Bonchev–Trinajstić information content (AvgIpc) is 3.33. The molecule has 122 valence electrons. The monoisotopic (exact) mass is 304 g/mol. The standard InChI is InChI=1S/C18H28N2O2/c1-14(22-13-16-6-7-16)18(21)19-12-4-5-15-8-10-17(11-9-15)20(2)3/h8-11,14,16H,4-7,12-13H2,1-3H3,(H,19,21). The minimum Gasteiger partial charge on any atom is -0.378 e. The lowest BCUT2D eigenvalue weighted by molar-refractivity contribution is -0.131. The van der Waals surface area contributed by atoms with E-state index >= 15 is 0 Å². The summed E-state index contributed by atoms with van der Waals surface area (Å²) in [5, 5.41) is 2.95. The highest BCUT2D eigenvalue weighted by atomic mass is 16.5. The van der Waals surface area contributed by atoms with E-state index in [9.17, 15) is 4.79 Å². The van der Waals surface area contributed by atoms with Crippen LogP contribution in [0.5, 0.6) is 0 Å². The Labute approximate surface area is 133 Å². The number of carbonyl (C=O) groups is 1. The Bertz CT molecular complexity index is 466. The second-order valence-corrected chi connectivity index (χ2v) is 6.37. The molecule has 2 rings (SSSR count). The molecule has 0 bridgehead atoms. The maximum absolute atomic E-state index is 11.9. The largest absolute Gasteiger partial charge is 0.378 e. The number of nitrogens with one attached hydrogen (secondary N) is 1. The summed E-state index contributed by atoms with van der Waals surface area (Å²) < 4.78 is 5.56. The summed E-state index contributed by atoms with van der Waals surface area (Å²) in [6, 6.07) is 8.56. The van der Waals surface area contributed by atoms with Crippen molar-refractivity contribution in [1.82, 2.24) is 5.32 Å². The number of hydrogen-bond acceptors (Lipinski definition) is 3. The van der Waals surface area contributed by atoms with Crippen molar-refractivity contribution < 1.29 is 9.53 Å². The van der Waals surface area contributed by atoms with Crippen molar-refractivity contribution in [1.29, 1.82) is 0 Å². The number of hydrogen-bond donors (Lipinski definition) is 1. The molecule has 1 aliphatic rings. The van der Waals surface area contributed by atoms with Crippen molar-refractivity contribution in [3.05, 3.63) is 29.8 Å². The van der Waals surface area contributed by atoms with Crippen LogP contribution < -0.4 is 10.2 Å². The van der Waals surface area contributed by atoms with Gasteiger partial charge in [-0.15, -0.1) is 0 Å². The number of aryl methyl sites for hydroxylation is 1. The molecule has 0 aliphatic heterocycles. The Morgan fingerprint density at radius 2 is 2.00 bits per heavy atom. The van der Waals surface area contributed by atoms with Gasteiger partial charge in [-0.2, -0.15) is 0 Å². The van der Waals surface area contributed by atoms with Gasteiger partial charge in [0.05, 0.1) is 6.61 Å². The van der Waals surface area contributed by atoms with Crippen molar-refractivity contribution in [2.75, 3.05) is 32.1 Å². The number of nitrogens with zero attached hydrogens (tertiary/aromatic N) is 1. The minimum atomic E-state index is -0.333. The second kappa shape index (κ2) is 8.18. The third kappa shape index (κ3) is 5.68. The first-order chi connectivity index (χ1) is 10.6. The molecule has 0 heterocycles. The summed E-state index contributed by atoms with van der Waals surface area (Å²) in [4.78, 5) is 14.0. The van der Waals surface area contributed by atoms with Gasteiger partial charge in [0.1, 0.15) is 6.10 Å². The zero-order valence-corrected chi connectivity index (χ0v) is 14.0. The number of rotatable bonds is 9. The first-order valence-corrected chi connectivity index (χ1v) is 8.22. The van der Waals surface area contributed by atoms with E-state index in [2.05, 4.69) is 34.5 Å². The zero-order valence-electron chi connectivity index (χ0n) is 14.0. The Balaban J connectivity index is 1.60. The number of carbonyl (C=O) groups excluding carboxylic acids is 1. The highest BCUT2D eigenvalue weighted by Gasteiger charge is 2.23. The fourth-order valence-electron chi connectivity index (χ4n) is 2.25. The molecule has 1 atom stereocenters. The van der Waals surface area contributed by atoms with Crippen molar-refractivity contribution >= 4 is 11.6 Å². The highest BCUT2D eigenvalue weighted by Crippen LogP contribution is 2.29. The predicted molar refractivity (Wildman–Crippen MR) is 90.2 cm³/mol. The quantitative estimate of drug-likeness (QED) is 0.713. The van der Waals surface area contributed by atoms with Gasteiger partial charge in [0, 0.05) is 26.3 Å². The van der Waals surface area contributed by atoms with Gasteiger partial charge in [-0.1, -0.05) is 12.1 Å². The molecule has 1 unspecified atom stereocenters. The Kier molecular flexibility index (Phi) is 6.25. The van der Waals surface area contributed by atoms with Crippen molar-refractivity contribution in [2.45, 2.75) is 38.7 Å². The van der Waals surface area contributed by atoms with Gasteiger partial charge in [-0.3, -0.25) is 4.79 Å². The molecule has 1 aromatic rings. The van der Waals surface area contributed by atoms with Crippen LogP contribution in [-0.4, -0.2) is 39.3 Å². The summed E-state index contributed by atoms with van der Waals surface area (Å²) in [6.45, 7) is 3.26. The van der Waals surface area contributed by atoms with Gasteiger partial charge < -0.3 is 15.0 Å². The SMILES string of the molecule is CC(OCC1CC1)C(=O)NCCCc1ccc(N(C)C)cc1. The molecule has 0 saturated heterocycles. The van der Waals surface area contributed by atoms with Crippen LogP contribution in [0.15, 0.2) is 24.3 Å². The minimum absolute atomic E-state index is 0.00334. The van der Waals surface area contributed by atoms with E-state index in [0.29, 0.717) is 12.5 Å². The van der Waals surface area contributed by atoms with E-state index in [1.165, 1.54) is 24.1 Å². The molecule has 1 aliphatic carbocycles. The molecular weight excluding hydrogens is 276 g/mol. The lowest BCUT2D eigenvalue weighted by atomic mass is 10.1. The van der Waals surface area contributed by atoms with Gasteiger partial charge in [0.25, 0.3) is 0 Å². The molecule has 4 heteroatoms. The lowest BCUT2D eigenvalue weighted by Gasteiger charge is -2.14. The van der Waals surface area contributed by atoms with Crippen LogP contribution in [0.3, 0.4) is 0 Å². The molecule has 4 nitrogen and oxygen atoms in total. The molecule has 1 aromatic carbocycles. The molecule has 1 amide bonds. The fraction of sp³-hybridized carbons (Fsp3) is 0.611. The maximum atomic E-state index is 11.9. The van der Waals surface area contributed by atoms with E-state index < -0.39 is 0 Å². The van der Waals surface area contributed by atoms with E-state index in [1.807, 2.05) is 21.0 Å². The normalized spacial score (nSPS) is 15.4. The number of amides is 1. The molecular formula is C18H28N2O2. The van der Waals surface area contributed by atoms with Gasteiger partial charge in [-0.25, -0.2) is 0 Å². The molecule has 1 N–H and O–H groups in total. The van der Waals surface area contributed by atoms with Gasteiger partial charge >= 0.3 is 0 Å². The van der Waals surface area contributed by atoms with Crippen LogP contribution in [0.4, 0.5) is 5.69 Å². The zero-order chi connectivity index (χ0) is 15.9. The summed E-state index contributed by atoms with van der Waals surface area (Å²) in [7, 11) is 4.08. The average molecular weight is 304 g/mol. The van der Waals surface area contributed by atoms with E-state index in [-0.39, 0.29) is 12.0 Å². The van der Waals surface area contributed by atoms with Crippen LogP contribution in [0, 0.1) is 5.92 Å². The molecule has 1 fully saturated rings. The van der Waals surface area contributed by atoms with Crippen molar-refractivity contribution in [3.63, 3.8) is 0 Å². The van der Waals surface area contributed by atoms with Crippen LogP contribution in [0.1, 0.15) is 31.7 Å². The molecule has 0 spiro atoms.